The molecule has 154 valence electrons. The number of carbonyl (C=O) groups excluding carboxylic acids is 3. The fraction of sp³-hybridized carbons (Fsp3) is 0.650. The molecule has 0 unspecified atom stereocenters. The average Bonchev–Trinajstić information content (AvgIpc) is 2.67. The van der Waals surface area contributed by atoms with Gasteiger partial charge in [-0.25, -0.2) is 9.78 Å². The molecule has 1 aliphatic carbocycles. The largest absolute Gasteiger partial charge is 0.467 e. The van der Waals surface area contributed by atoms with Gasteiger partial charge in [-0.2, -0.15) is 0 Å². The highest BCUT2D eigenvalue weighted by Crippen LogP contribution is 2.33. The summed E-state index contributed by atoms with van der Waals surface area (Å²) >= 11 is 0. The third kappa shape index (κ3) is 4.66. The third-order valence-electron chi connectivity index (χ3n) is 5.22. The van der Waals surface area contributed by atoms with E-state index in [2.05, 4.69) is 15.3 Å². The van der Waals surface area contributed by atoms with Gasteiger partial charge in [-0.1, -0.05) is 40.0 Å². The number of ether oxygens (including phenoxy) is 1. The molecule has 8 heteroatoms. The van der Waals surface area contributed by atoms with Gasteiger partial charge in [0.2, 0.25) is 5.91 Å². The van der Waals surface area contributed by atoms with Gasteiger partial charge in [0.25, 0.3) is 5.91 Å². The highest BCUT2D eigenvalue weighted by atomic mass is 16.5. The topological polar surface area (TPSA) is 101 Å². The van der Waals surface area contributed by atoms with E-state index < -0.39 is 28.9 Å². The van der Waals surface area contributed by atoms with E-state index in [1.165, 1.54) is 30.6 Å². The number of nitrogens with zero attached hydrogens (tertiary/aromatic N) is 3. The van der Waals surface area contributed by atoms with Gasteiger partial charge in [0, 0.05) is 19.4 Å². The molecule has 0 saturated heterocycles. The predicted molar refractivity (Wildman–Crippen MR) is 103 cm³/mol. The summed E-state index contributed by atoms with van der Waals surface area (Å²) in [5.41, 5.74) is -1.44. The maximum absolute atomic E-state index is 13.6. The number of nitrogens with one attached hydrogen (secondary N) is 1. The molecule has 0 bridgehead atoms. The minimum absolute atomic E-state index is 0.156. The van der Waals surface area contributed by atoms with Crippen molar-refractivity contribution in [3.63, 3.8) is 0 Å². The van der Waals surface area contributed by atoms with Crippen LogP contribution < -0.4 is 5.32 Å². The lowest BCUT2D eigenvalue weighted by atomic mass is 9.78. The predicted octanol–water partition coefficient (Wildman–Crippen LogP) is 1.96. The lowest BCUT2D eigenvalue weighted by Gasteiger charge is -2.43. The summed E-state index contributed by atoms with van der Waals surface area (Å²) in [6, 6.07) is -0.766. The van der Waals surface area contributed by atoms with Gasteiger partial charge in [0.1, 0.15) is 17.3 Å². The molecular weight excluding hydrogens is 360 g/mol. The molecule has 1 aromatic rings. The number of likely N-dealkylation sites (N-methyl/N-ethyl adjacent to an activating group) is 1. The van der Waals surface area contributed by atoms with Crippen LogP contribution in [-0.4, -0.2) is 58.4 Å². The van der Waals surface area contributed by atoms with Crippen molar-refractivity contribution in [3.8, 4) is 0 Å². The van der Waals surface area contributed by atoms with Crippen molar-refractivity contribution in [2.45, 2.75) is 64.5 Å². The van der Waals surface area contributed by atoms with Crippen LogP contribution in [0.5, 0.6) is 0 Å². The zero-order valence-electron chi connectivity index (χ0n) is 17.3. The van der Waals surface area contributed by atoms with Crippen molar-refractivity contribution in [1.82, 2.24) is 20.2 Å². The van der Waals surface area contributed by atoms with Crippen LogP contribution in [0.15, 0.2) is 18.6 Å². The van der Waals surface area contributed by atoms with Gasteiger partial charge in [-0.3, -0.25) is 14.6 Å². The number of rotatable bonds is 5. The summed E-state index contributed by atoms with van der Waals surface area (Å²) in [6.07, 6.45) is 7.95. The molecule has 2 rings (SSSR count). The van der Waals surface area contributed by atoms with Crippen molar-refractivity contribution in [1.29, 1.82) is 0 Å². The first kappa shape index (κ1) is 21.8. The SMILES string of the molecule is COC(=O)[C@@H](N(C)C(=O)C1(NC(=O)c2cnccn2)CCCCC1)C(C)(C)C. The number of aromatic nitrogens is 2. The molecule has 2 amide bonds. The highest BCUT2D eigenvalue weighted by molar-refractivity contribution is 5.99. The number of esters is 1. The molecule has 1 N–H and O–H groups in total. The van der Waals surface area contributed by atoms with Crippen LogP contribution in [0.2, 0.25) is 0 Å². The molecule has 1 aliphatic rings. The standard InChI is InChI=1S/C20H30N4O4/c1-19(2,3)15(17(26)28-5)24(4)18(27)20(9-7-6-8-10-20)23-16(25)14-13-21-11-12-22-14/h11-13,15H,6-10H2,1-5H3,(H,23,25)/t15-/m1/s1. The quantitative estimate of drug-likeness (QED) is 0.771. The molecule has 0 spiro atoms. The van der Waals surface area contributed by atoms with Gasteiger partial charge in [0.05, 0.1) is 13.3 Å². The second-order valence-electron chi connectivity index (χ2n) is 8.40. The third-order valence-corrected chi connectivity index (χ3v) is 5.22. The number of carbonyl (C=O) groups is 3. The fourth-order valence-electron chi connectivity index (χ4n) is 3.90. The van der Waals surface area contributed by atoms with Crippen molar-refractivity contribution < 1.29 is 19.1 Å². The molecule has 0 aromatic carbocycles. The number of hydrogen-bond donors (Lipinski definition) is 1. The van der Waals surface area contributed by atoms with E-state index in [1.807, 2.05) is 20.8 Å². The smallest absolute Gasteiger partial charge is 0.329 e. The van der Waals surface area contributed by atoms with E-state index in [-0.39, 0.29) is 11.6 Å². The first-order chi connectivity index (χ1) is 13.1. The van der Waals surface area contributed by atoms with Crippen LogP contribution in [0.3, 0.4) is 0 Å². The summed E-state index contributed by atoms with van der Waals surface area (Å²) in [5.74, 6) is -1.20. The first-order valence-corrected chi connectivity index (χ1v) is 9.56. The summed E-state index contributed by atoms with van der Waals surface area (Å²) in [4.78, 5) is 48.1. The normalized spacial score (nSPS) is 17.3. The second kappa shape index (κ2) is 8.67. The molecule has 28 heavy (non-hydrogen) atoms. The van der Waals surface area contributed by atoms with Crippen molar-refractivity contribution in [2.24, 2.45) is 5.41 Å². The van der Waals surface area contributed by atoms with Crippen LogP contribution in [0.1, 0.15) is 63.4 Å². The summed E-state index contributed by atoms with van der Waals surface area (Å²) in [5, 5.41) is 2.91. The maximum atomic E-state index is 13.6. The Bertz CT molecular complexity index is 709. The molecule has 1 aromatic heterocycles. The Kier molecular flexibility index (Phi) is 6.74. The molecular formula is C20H30N4O4. The van der Waals surface area contributed by atoms with Gasteiger partial charge >= 0.3 is 5.97 Å². The Morgan fingerprint density at radius 3 is 2.32 bits per heavy atom. The van der Waals surface area contributed by atoms with Crippen molar-refractivity contribution in [2.75, 3.05) is 14.2 Å². The Balaban J connectivity index is 2.34. The fourth-order valence-corrected chi connectivity index (χ4v) is 3.90. The molecule has 8 nitrogen and oxygen atoms in total. The Morgan fingerprint density at radius 2 is 1.82 bits per heavy atom. The maximum Gasteiger partial charge on any atom is 0.329 e. The molecule has 1 atom stereocenters. The van der Waals surface area contributed by atoms with E-state index in [1.54, 1.807) is 7.05 Å². The summed E-state index contributed by atoms with van der Waals surface area (Å²) < 4.78 is 4.94. The van der Waals surface area contributed by atoms with Crippen LogP contribution in [0.4, 0.5) is 0 Å². The average molecular weight is 390 g/mol. The second-order valence-corrected chi connectivity index (χ2v) is 8.40. The van der Waals surface area contributed by atoms with E-state index in [4.69, 9.17) is 4.74 Å². The number of methoxy groups -OCH3 is 1. The zero-order chi connectivity index (χ0) is 20.9. The highest BCUT2D eigenvalue weighted by Gasteiger charge is 2.47. The van der Waals surface area contributed by atoms with Gasteiger partial charge < -0.3 is 15.0 Å². The lowest BCUT2D eigenvalue weighted by Crippen LogP contribution is -2.64. The van der Waals surface area contributed by atoms with Crippen molar-refractivity contribution >= 4 is 17.8 Å². The lowest BCUT2D eigenvalue weighted by molar-refractivity contribution is -0.159. The Morgan fingerprint density at radius 1 is 1.18 bits per heavy atom. The zero-order valence-corrected chi connectivity index (χ0v) is 17.3. The van der Waals surface area contributed by atoms with E-state index in [0.717, 1.165) is 19.3 Å². The minimum atomic E-state index is -1.07. The summed E-state index contributed by atoms with van der Waals surface area (Å²) in [7, 11) is 2.91. The number of amides is 2. The van der Waals surface area contributed by atoms with E-state index >= 15 is 0 Å². The van der Waals surface area contributed by atoms with Gasteiger partial charge in [0.15, 0.2) is 0 Å². The molecule has 1 fully saturated rings. The van der Waals surface area contributed by atoms with Crippen LogP contribution >= 0.6 is 0 Å². The van der Waals surface area contributed by atoms with Gasteiger partial charge in [-0.05, 0) is 18.3 Å². The molecule has 0 aliphatic heterocycles. The van der Waals surface area contributed by atoms with Crippen LogP contribution in [-0.2, 0) is 14.3 Å². The van der Waals surface area contributed by atoms with Crippen molar-refractivity contribution in [3.05, 3.63) is 24.3 Å². The van der Waals surface area contributed by atoms with Crippen LogP contribution in [0, 0.1) is 5.41 Å². The molecule has 0 radical (unpaired) electrons. The van der Waals surface area contributed by atoms with E-state index in [9.17, 15) is 14.4 Å². The monoisotopic (exact) mass is 390 g/mol. The minimum Gasteiger partial charge on any atom is -0.467 e. The summed E-state index contributed by atoms with van der Waals surface area (Å²) in [6.45, 7) is 5.64. The number of hydrogen-bond acceptors (Lipinski definition) is 6. The van der Waals surface area contributed by atoms with E-state index in [0.29, 0.717) is 12.8 Å². The first-order valence-electron chi connectivity index (χ1n) is 9.56. The Labute approximate surface area is 166 Å². The molecule has 1 heterocycles. The van der Waals surface area contributed by atoms with Gasteiger partial charge in [-0.15, -0.1) is 0 Å². The Hall–Kier alpha value is -2.51. The molecule has 1 saturated carbocycles. The van der Waals surface area contributed by atoms with Crippen LogP contribution in [0.25, 0.3) is 0 Å².